The fourth-order valence-corrected chi connectivity index (χ4v) is 3.81. The topological polar surface area (TPSA) is 71.4 Å². The average molecular weight is 378 g/mol. The third-order valence-corrected chi connectivity index (χ3v) is 5.37. The zero-order valence-electron chi connectivity index (χ0n) is 14.5. The molecule has 0 aromatic heterocycles. The zero-order chi connectivity index (χ0) is 19.2. The van der Waals surface area contributed by atoms with Gasteiger partial charge in [0.05, 0.1) is 11.3 Å². The first-order valence-electron chi connectivity index (χ1n) is 8.39. The van der Waals surface area contributed by atoms with Gasteiger partial charge in [-0.1, -0.05) is 66.7 Å². The summed E-state index contributed by atoms with van der Waals surface area (Å²) in [5, 5.41) is 8.89. The highest BCUT2D eigenvalue weighted by Crippen LogP contribution is 2.19. The second-order valence-corrected chi connectivity index (χ2v) is 7.55. The molecular formula is C22H18O4S. The average Bonchev–Trinajstić information content (AvgIpc) is 2.69. The number of benzene rings is 3. The van der Waals surface area contributed by atoms with E-state index in [0.717, 1.165) is 16.7 Å². The molecule has 0 bridgehead atoms. The summed E-state index contributed by atoms with van der Waals surface area (Å²) in [6, 6.07) is 23.3. The molecule has 0 fully saturated rings. The third-order valence-electron chi connectivity index (χ3n) is 4.13. The Morgan fingerprint density at radius 2 is 1.30 bits per heavy atom. The predicted molar refractivity (Wildman–Crippen MR) is 106 cm³/mol. The van der Waals surface area contributed by atoms with E-state index in [1.54, 1.807) is 24.3 Å². The van der Waals surface area contributed by atoms with E-state index < -0.39 is 16.8 Å². The van der Waals surface area contributed by atoms with E-state index in [-0.39, 0.29) is 22.9 Å². The molecule has 3 rings (SSSR count). The Morgan fingerprint density at radius 1 is 0.741 bits per heavy atom. The molecule has 1 unspecified atom stereocenters. The number of rotatable bonds is 7. The Balaban J connectivity index is 1.61. The molecule has 1 N–H and O–H groups in total. The maximum Gasteiger partial charge on any atom is 0.335 e. The lowest BCUT2D eigenvalue weighted by Crippen LogP contribution is -2.12. The summed E-state index contributed by atoms with van der Waals surface area (Å²) in [5.74, 6) is -1.02. The number of hydrogen-bond donors (Lipinski definition) is 1. The molecule has 0 saturated carbocycles. The number of carboxylic acid groups (broad SMARTS) is 1. The molecule has 0 radical (unpaired) electrons. The van der Waals surface area contributed by atoms with Crippen LogP contribution in [0.2, 0.25) is 0 Å². The number of carboxylic acids is 1. The Bertz CT molecular complexity index is 961. The molecule has 4 nitrogen and oxygen atoms in total. The second kappa shape index (κ2) is 8.56. The van der Waals surface area contributed by atoms with Gasteiger partial charge in [0.2, 0.25) is 0 Å². The van der Waals surface area contributed by atoms with Crippen LogP contribution in [0.3, 0.4) is 0 Å². The summed E-state index contributed by atoms with van der Waals surface area (Å²) in [4.78, 5) is 23.2. The Labute approximate surface area is 159 Å². The van der Waals surface area contributed by atoms with Crippen molar-refractivity contribution in [3.8, 4) is 11.1 Å². The van der Waals surface area contributed by atoms with Crippen LogP contribution in [0, 0.1) is 0 Å². The molecular weight excluding hydrogens is 360 g/mol. The van der Waals surface area contributed by atoms with Gasteiger partial charge in [-0.05, 0) is 28.8 Å². The number of aromatic carboxylic acids is 1. The molecule has 0 saturated heterocycles. The van der Waals surface area contributed by atoms with Crippen LogP contribution in [0.4, 0.5) is 0 Å². The van der Waals surface area contributed by atoms with E-state index in [0.29, 0.717) is 5.56 Å². The monoisotopic (exact) mass is 378 g/mol. The lowest BCUT2D eigenvalue weighted by atomic mass is 10.0. The summed E-state index contributed by atoms with van der Waals surface area (Å²) in [5.41, 5.74) is 3.55. The largest absolute Gasteiger partial charge is 0.478 e. The van der Waals surface area contributed by atoms with Crippen molar-refractivity contribution in [1.82, 2.24) is 0 Å². The summed E-state index contributed by atoms with van der Waals surface area (Å²) < 4.78 is 12.3. The van der Waals surface area contributed by atoms with Crippen molar-refractivity contribution in [3.63, 3.8) is 0 Å². The van der Waals surface area contributed by atoms with E-state index in [9.17, 15) is 13.8 Å². The third kappa shape index (κ3) is 4.99. The van der Waals surface area contributed by atoms with Gasteiger partial charge in [-0.3, -0.25) is 9.00 Å². The van der Waals surface area contributed by atoms with Crippen LogP contribution in [-0.2, 0) is 16.6 Å². The lowest BCUT2D eigenvalue weighted by molar-refractivity contribution is 0.0696. The van der Waals surface area contributed by atoms with Gasteiger partial charge in [0.25, 0.3) is 0 Å². The molecule has 3 aromatic rings. The number of Topliss-reactive ketones (excluding diaryl/α,β-unsaturated/α-hetero) is 1. The molecule has 27 heavy (non-hydrogen) atoms. The minimum absolute atomic E-state index is 0.0641. The second-order valence-electron chi connectivity index (χ2n) is 6.10. The first-order chi connectivity index (χ1) is 13.0. The molecule has 0 heterocycles. The van der Waals surface area contributed by atoms with E-state index in [4.69, 9.17) is 5.11 Å². The van der Waals surface area contributed by atoms with Crippen LogP contribution in [0.25, 0.3) is 11.1 Å². The summed E-state index contributed by atoms with van der Waals surface area (Å²) >= 11 is 0. The summed E-state index contributed by atoms with van der Waals surface area (Å²) in [6.45, 7) is 0. The molecule has 0 spiro atoms. The maximum atomic E-state index is 12.4. The molecule has 0 amide bonds. The number of hydrogen-bond acceptors (Lipinski definition) is 3. The highest BCUT2D eigenvalue weighted by atomic mass is 32.2. The van der Waals surface area contributed by atoms with E-state index in [1.165, 1.54) is 12.1 Å². The highest BCUT2D eigenvalue weighted by Gasteiger charge is 2.12. The van der Waals surface area contributed by atoms with Crippen molar-refractivity contribution in [3.05, 3.63) is 95.6 Å². The Kier molecular flexibility index (Phi) is 5.94. The van der Waals surface area contributed by atoms with Crippen molar-refractivity contribution >= 4 is 22.6 Å². The van der Waals surface area contributed by atoms with E-state index >= 15 is 0 Å². The Hall–Kier alpha value is -3.05. The SMILES string of the molecule is O=C(O)c1ccc(CS(=O)CC(=O)c2ccc(-c3ccccc3)cc2)cc1. The van der Waals surface area contributed by atoms with Crippen molar-refractivity contribution in [2.45, 2.75) is 5.75 Å². The summed E-state index contributed by atoms with van der Waals surface area (Å²) in [6.07, 6.45) is 0. The molecule has 0 aliphatic carbocycles. The maximum absolute atomic E-state index is 12.4. The highest BCUT2D eigenvalue weighted by molar-refractivity contribution is 7.85. The quantitative estimate of drug-likeness (QED) is 0.626. The molecule has 136 valence electrons. The fraction of sp³-hybridized carbons (Fsp3) is 0.0909. The van der Waals surface area contributed by atoms with Gasteiger partial charge in [-0.2, -0.15) is 0 Å². The van der Waals surface area contributed by atoms with Crippen molar-refractivity contribution in [1.29, 1.82) is 0 Å². The normalized spacial score (nSPS) is 11.7. The standard InChI is InChI=1S/C22H18O4S/c23-21(15-27(26)14-16-6-8-20(9-7-16)22(24)25)19-12-10-18(11-13-19)17-4-2-1-3-5-17/h1-13H,14-15H2,(H,24,25). The first-order valence-corrected chi connectivity index (χ1v) is 9.87. The van der Waals surface area contributed by atoms with Gasteiger partial charge in [0.15, 0.2) is 5.78 Å². The van der Waals surface area contributed by atoms with E-state index in [1.807, 2.05) is 42.5 Å². The minimum atomic E-state index is -1.36. The van der Waals surface area contributed by atoms with Gasteiger partial charge in [-0.25, -0.2) is 4.79 Å². The van der Waals surface area contributed by atoms with Crippen LogP contribution >= 0.6 is 0 Å². The smallest absolute Gasteiger partial charge is 0.335 e. The zero-order valence-corrected chi connectivity index (χ0v) is 15.3. The number of carbonyl (C=O) groups is 2. The number of ketones is 1. The molecule has 0 aliphatic rings. The van der Waals surface area contributed by atoms with Gasteiger partial charge >= 0.3 is 5.97 Å². The van der Waals surface area contributed by atoms with Crippen LogP contribution in [0.1, 0.15) is 26.3 Å². The van der Waals surface area contributed by atoms with Crippen LogP contribution in [0.15, 0.2) is 78.9 Å². The van der Waals surface area contributed by atoms with Crippen LogP contribution < -0.4 is 0 Å². The van der Waals surface area contributed by atoms with Gasteiger partial charge < -0.3 is 5.11 Å². The van der Waals surface area contributed by atoms with E-state index in [2.05, 4.69) is 0 Å². The predicted octanol–water partition coefficient (Wildman–Crippen LogP) is 4.18. The molecule has 1 atom stereocenters. The molecule has 0 aliphatic heterocycles. The molecule has 5 heteroatoms. The summed E-state index contributed by atoms with van der Waals surface area (Å²) in [7, 11) is -1.36. The van der Waals surface area contributed by atoms with Crippen molar-refractivity contribution in [2.75, 3.05) is 5.75 Å². The minimum Gasteiger partial charge on any atom is -0.478 e. The van der Waals surface area contributed by atoms with Gasteiger partial charge in [0, 0.05) is 22.1 Å². The lowest BCUT2D eigenvalue weighted by Gasteiger charge is -2.05. The Morgan fingerprint density at radius 3 is 1.89 bits per heavy atom. The van der Waals surface area contributed by atoms with Crippen molar-refractivity contribution in [2.24, 2.45) is 0 Å². The van der Waals surface area contributed by atoms with Gasteiger partial charge in [-0.15, -0.1) is 0 Å². The first kappa shape index (κ1) is 18.7. The van der Waals surface area contributed by atoms with Crippen molar-refractivity contribution < 1.29 is 18.9 Å². The van der Waals surface area contributed by atoms with Crippen LogP contribution in [0.5, 0.6) is 0 Å². The van der Waals surface area contributed by atoms with Crippen LogP contribution in [-0.4, -0.2) is 26.8 Å². The number of carbonyl (C=O) groups excluding carboxylic acids is 1. The molecule has 3 aromatic carbocycles. The van der Waals surface area contributed by atoms with Gasteiger partial charge in [0.1, 0.15) is 0 Å². The fourth-order valence-electron chi connectivity index (χ4n) is 2.69.